The van der Waals surface area contributed by atoms with Gasteiger partial charge in [0.05, 0.1) is 0 Å². The molecule has 0 aliphatic carbocycles. The Bertz CT molecular complexity index is 218. The van der Waals surface area contributed by atoms with Gasteiger partial charge in [0.1, 0.15) is 0 Å². The molecule has 0 aromatic rings. The van der Waals surface area contributed by atoms with Gasteiger partial charge in [0.2, 0.25) is 0 Å². The molecule has 112 valence electrons. The monoisotopic (exact) mass is 357 g/mol. The molecule has 0 atom stereocenters. The first-order chi connectivity index (χ1) is 8.36. The van der Waals surface area contributed by atoms with E-state index in [-0.39, 0.29) is 0 Å². The van der Waals surface area contributed by atoms with Gasteiger partial charge < -0.3 is 0 Å². The Morgan fingerprint density at radius 3 is 1.33 bits per heavy atom. The van der Waals surface area contributed by atoms with Crippen molar-refractivity contribution in [3.8, 4) is 0 Å². The maximum absolute atomic E-state index is 4.42. The number of hydrogen-bond acceptors (Lipinski definition) is 0. The summed E-state index contributed by atoms with van der Waals surface area (Å²) in [5.41, 5.74) is -0.912. The fourth-order valence-corrected chi connectivity index (χ4v) is 25.6. The van der Waals surface area contributed by atoms with Crippen LogP contribution in [0.15, 0.2) is 0 Å². The Hall–Kier alpha value is 1.34. The second kappa shape index (κ2) is 7.95. The zero-order chi connectivity index (χ0) is 14.3. The predicted octanol–water partition coefficient (Wildman–Crippen LogP) is 7.07. The first kappa shape index (κ1) is 19.3. The molecule has 0 bridgehead atoms. The molecule has 0 amide bonds. The zero-order valence-corrected chi connectivity index (χ0v) is 17.0. The summed E-state index contributed by atoms with van der Waals surface area (Å²) >= 11 is 4.42. The number of unbranched alkanes of at least 4 members (excludes halogenated alkanes) is 2. The van der Waals surface area contributed by atoms with Crippen LogP contribution in [0.2, 0.25) is 0 Å². The summed E-state index contributed by atoms with van der Waals surface area (Å²) in [6, 6.07) is 0. The summed E-state index contributed by atoms with van der Waals surface area (Å²) in [5.74, 6) is 0. The quantitative estimate of drug-likeness (QED) is 0.366. The van der Waals surface area contributed by atoms with E-state index in [1.807, 2.05) is 0 Å². The third-order valence-corrected chi connectivity index (χ3v) is 36.7. The fraction of sp³-hybridized carbons (Fsp3) is 1.00. The van der Waals surface area contributed by atoms with Crippen LogP contribution in [0.25, 0.3) is 0 Å². The number of halogens is 1. The summed E-state index contributed by atoms with van der Waals surface area (Å²) in [7, 11) is 0. The van der Waals surface area contributed by atoms with E-state index in [1.54, 1.807) is 0 Å². The summed E-state index contributed by atoms with van der Waals surface area (Å²) < 4.78 is 0. The van der Waals surface area contributed by atoms with Crippen molar-refractivity contribution in [3.05, 3.63) is 0 Å². The van der Waals surface area contributed by atoms with Crippen LogP contribution >= 0.6 is 27.4 Å². The normalized spacial score (nSPS) is 15.4. The van der Waals surface area contributed by atoms with Gasteiger partial charge >= 0.3 is 125 Å². The summed E-state index contributed by atoms with van der Waals surface area (Å²) in [5, 5.41) is 0. The second-order valence-corrected chi connectivity index (χ2v) is 26.8. The zero-order valence-electron chi connectivity index (χ0n) is 13.6. The molecule has 0 radical (unpaired) electrons. The van der Waals surface area contributed by atoms with Crippen LogP contribution < -0.4 is 0 Å². The Balaban J connectivity index is 5.35. The number of hydrogen-bond donors (Lipinski definition) is 0. The molecule has 0 N–H and O–H groups in total. The molecule has 0 aromatic carbocycles. The van der Waals surface area contributed by atoms with Crippen molar-refractivity contribution in [1.29, 1.82) is 0 Å². The molecule has 3 heteroatoms. The predicted molar refractivity (Wildman–Crippen MR) is 99.9 cm³/mol. The average molecular weight is 358 g/mol. The van der Waals surface area contributed by atoms with Crippen molar-refractivity contribution in [1.82, 2.24) is 0 Å². The Labute approximate surface area is 125 Å². The first-order valence-corrected chi connectivity index (χ1v) is 16.1. The van der Waals surface area contributed by atoms with E-state index in [9.17, 15) is 0 Å². The minimum absolute atomic E-state index is 0.912. The number of rotatable bonds is 10. The SMILES string of the molecule is CCCC[P+](Br)(CCCC)P(C)(CC)(CC)CC. The van der Waals surface area contributed by atoms with Crippen molar-refractivity contribution >= 4 is 27.4 Å². The molecule has 18 heavy (non-hydrogen) atoms. The van der Waals surface area contributed by atoms with E-state index in [4.69, 9.17) is 0 Å². The van der Waals surface area contributed by atoms with Crippen molar-refractivity contribution in [3.63, 3.8) is 0 Å². The van der Waals surface area contributed by atoms with Crippen molar-refractivity contribution in [2.24, 2.45) is 0 Å². The van der Waals surface area contributed by atoms with E-state index in [0.717, 1.165) is 0 Å². The van der Waals surface area contributed by atoms with Crippen LogP contribution in [0, 0.1) is 0 Å². The molecule has 0 aromatic heterocycles. The Morgan fingerprint density at radius 2 is 1.11 bits per heavy atom. The van der Waals surface area contributed by atoms with Gasteiger partial charge in [0, 0.05) is 0 Å². The van der Waals surface area contributed by atoms with Gasteiger partial charge in [-0.2, -0.15) is 0 Å². The first-order valence-electron chi connectivity index (χ1n) is 7.93. The van der Waals surface area contributed by atoms with Crippen molar-refractivity contribution < 1.29 is 0 Å². The molecule has 0 unspecified atom stereocenters. The van der Waals surface area contributed by atoms with Gasteiger partial charge in [0.15, 0.2) is 0 Å². The van der Waals surface area contributed by atoms with E-state index in [1.165, 1.54) is 56.5 Å². The summed E-state index contributed by atoms with van der Waals surface area (Å²) in [6.07, 6.45) is 11.4. The van der Waals surface area contributed by atoms with Crippen LogP contribution in [0.4, 0.5) is 0 Å². The topological polar surface area (TPSA) is 0 Å². The van der Waals surface area contributed by atoms with Crippen molar-refractivity contribution in [2.45, 2.75) is 60.3 Å². The van der Waals surface area contributed by atoms with Gasteiger partial charge in [-0.15, -0.1) is 0 Å². The van der Waals surface area contributed by atoms with Crippen LogP contribution in [0.1, 0.15) is 60.3 Å². The summed E-state index contributed by atoms with van der Waals surface area (Å²) in [6.45, 7) is 14.8. The fourth-order valence-electron chi connectivity index (χ4n) is 2.97. The Morgan fingerprint density at radius 1 is 0.778 bits per heavy atom. The summed E-state index contributed by atoms with van der Waals surface area (Å²) in [4.78, 5) is 0. The molecule has 0 saturated heterocycles. The van der Waals surface area contributed by atoms with Crippen LogP contribution in [-0.4, -0.2) is 37.5 Å². The van der Waals surface area contributed by atoms with Gasteiger partial charge in [-0.3, -0.25) is 0 Å². The van der Waals surface area contributed by atoms with Crippen LogP contribution in [0.3, 0.4) is 0 Å². The third-order valence-electron chi connectivity index (χ3n) is 5.54. The molecule has 0 aliphatic heterocycles. The van der Waals surface area contributed by atoms with E-state index >= 15 is 0 Å². The van der Waals surface area contributed by atoms with E-state index < -0.39 is 11.9 Å². The van der Waals surface area contributed by atoms with Crippen LogP contribution in [0.5, 0.6) is 0 Å². The Kier molecular flexibility index (Phi) is 8.54. The molecule has 0 rings (SSSR count). The third kappa shape index (κ3) is 3.71. The molecule has 0 spiro atoms. The molecular weight excluding hydrogens is 322 g/mol. The van der Waals surface area contributed by atoms with E-state index in [0.29, 0.717) is 0 Å². The van der Waals surface area contributed by atoms with Crippen LogP contribution in [-0.2, 0) is 0 Å². The van der Waals surface area contributed by atoms with E-state index in [2.05, 4.69) is 56.8 Å². The molecule has 0 heterocycles. The molecule has 0 aliphatic rings. The van der Waals surface area contributed by atoms with Crippen molar-refractivity contribution in [2.75, 3.05) is 37.5 Å². The van der Waals surface area contributed by atoms with Gasteiger partial charge in [-0.05, 0) is 0 Å². The molecule has 0 saturated carbocycles. The van der Waals surface area contributed by atoms with Gasteiger partial charge in [0.25, 0.3) is 0 Å². The standard InChI is InChI=1S/C15H36BrP2/c1-7-12-14-17(16,15-13-8-2)18(6,9-3,10-4)11-5/h7-15H2,1-6H3/q+1. The maximum atomic E-state index is 4.42. The molecule has 0 nitrogen and oxygen atoms in total. The van der Waals surface area contributed by atoms with Gasteiger partial charge in [-0.1, -0.05) is 0 Å². The van der Waals surface area contributed by atoms with Gasteiger partial charge in [-0.25, -0.2) is 0 Å². The molecular formula is C15H36BrP2+. The minimum atomic E-state index is -1.50. The molecule has 0 fully saturated rings. The second-order valence-electron chi connectivity index (χ2n) is 6.17. The average Bonchev–Trinajstić information content (AvgIpc) is 2.42.